The van der Waals surface area contributed by atoms with Crippen LogP contribution in [0.2, 0.25) is 25.7 Å². The van der Waals surface area contributed by atoms with E-state index in [1.807, 2.05) is 0 Å². The molecule has 0 aliphatic carbocycles. The maximum atomic E-state index is 13.1. The normalized spacial score (nSPS) is 13.2. The Balaban J connectivity index is 0.00000289. The van der Waals surface area contributed by atoms with E-state index in [2.05, 4.69) is 24.7 Å². The van der Waals surface area contributed by atoms with E-state index in [1.165, 1.54) is 0 Å². The Bertz CT molecular complexity index is 411. The van der Waals surface area contributed by atoms with Gasteiger partial charge in [-0.25, -0.2) is 13.3 Å². The zero-order valence-corrected chi connectivity index (χ0v) is 12.0. The van der Waals surface area contributed by atoms with Gasteiger partial charge >= 0.3 is 18.9 Å². The Morgan fingerprint density at radius 1 is 1.56 bits per heavy atom. The summed E-state index contributed by atoms with van der Waals surface area (Å²) in [7, 11) is -1.16. The van der Waals surface area contributed by atoms with Crippen molar-refractivity contribution in [2.45, 2.75) is 37.4 Å². The fourth-order valence-corrected chi connectivity index (χ4v) is 2.40. The number of hydrogen-bond acceptors (Lipinski definition) is 3. The van der Waals surface area contributed by atoms with E-state index in [1.54, 1.807) is 0 Å². The van der Waals surface area contributed by atoms with Crippen molar-refractivity contribution in [2.24, 2.45) is 0 Å². The SMILES string of the molecule is C[Si](C)(C)CCOCn1ncc(F)c1S(=O)O.[LiH]. The first-order chi connectivity index (χ1) is 7.81. The van der Waals surface area contributed by atoms with Crippen molar-refractivity contribution in [3.05, 3.63) is 12.0 Å². The van der Waals surface area contributed by atoms with Crippen molar-refractivity contribution in [2.75, 3.05) is 6.61 Å². The van der Waals surface area contributed by atoms with E-state index in [0.29, 0.717) is 6.61 Å². The predicted octanol–water partition coefficient (Wildman–Crippen LogP) is 1.27. The summed E-state index contributed by atoms with van der Waals surface area (Å²) < 4.78 is 39.2. The van der Waals surface area contributed by atoms with Gasteiger partial charge in [-0.2, -0.15) is 5.10 Å². The fraction of sp³-hybridized carbons (Fsp3) is 0.667. The molecule has 0 amide bonds. The van der Waals surface area contributed by atoms with Crippen LogP contribution in [0.15, 0.2) is 11.2 Å². The molecule has 0 aliphatic rings. The summed E-state index contributed by atoms with van der Waals surface area (Å²) in [5, 5.41) is 3.30. The van der Waals surface area contributed by atoms with Crippen molar-refractivity contribution >= 4 is 38.0 Å². The third-order valence-corrected chi connectivity index (χ3v) is 4.57. The molecule has 0 spiro atoms. The molecule has 5 nitrogen and oxygen atoms in total. The summed E-state index contributed by atoms with van der Waals surface area (Å²) in [6.07, 6.45) is 0.908. The number of ether oxygens (including phenoxy) is 1. The van der Waals surface area contributed by atoms with E-state index in [9.17, 15) is 8.60 Å². The van der Waals surface area contributed by atoms with E-state index >= 15 is 0 Å². The second-order valence-corrected chi connectivity index (χ2v) is 11.4. The van der Waals surface area contributed by atoms with Crippen LogP contribution in [-0.4, -0.2) is 52.1 Å². The van der Waals surface area contributed by atoms with Gasteiger partial charge in [0.05, 0.1) is 6.20 Å². The van der Waals surface area contributed by atoms with Gasteiger partial charge in [0.1, 0.15) is 6.73 Å². The molecule has 9 heteroatoms. The van der Waals surface area contributed by atoms with Crippen LogP contribution in [0.25, 0.3) is 0 Å². The average molecular weight is 288 g/mol. The summed E-state index contributed by atoms with van der Waals surface area (Å²) in [5.74, 6) is -0.792. The summed E-state index contributed by atoms with van der Waals surface area (Å²) >= 11 is -2.39. The Morgan fingerprint density at radius 3 is 2.67 bits per heavy atom. The van der Waals surface area contributed by atoms with Crippen LogP contribution in [0, 0.1) is 5.82 Å². The molecule has 0 fully saturated rings. The van der Waals surface area contributed by atoms with Crippen molar-refractivity contribution < 1.29 is 17.9 Å². The van der Waals surface area contributed by atoms with Crippen LogP contribution in [0.5, 0.6) is 0 Å². The monoisotopic (exact) mass is 288 g/mol. The van der Waals surface area contributed by atoms with Gasteiger partial charge in [0.2, 0.25) is 11.1 Å². The molecule has 100 valence electrons. The Kier molecular flexibility index (Phi) is 7.58. The zero-order valence-electron chi connectivity index (χ0n) is 10.1. The molecule has 1 rings (SSSR count). The van der Waals surface area contributed by atoms with E-state index < -0.39 is 25.0 Å². The molecule has 1 aromatic rings. The number of aromatic nitrogens is 2. The topological polar surface area (TPSA) is 64.4 Å². The second kappa shape index (κ2) is 7.57. The zero-order chi connectivity index (χ0) is 13.1. The van der Waals surface area contributed by atoms with Gasteiger partial charge < -0.3 is 9.29 Å². The maximum absolute atomic E-state index is 13.1. The average Bonchev–Trinajstić information content (AvgIpc) is 2.53. The van der Waals surface area contributed by atoms with Crippen LogP contribution in [-0.2, 0) is 22.5 Å². The van der Waals surface area contributed by atoms with E-state index in [0.717, 1.165) is 16.9 Å². The van der Waals surface area contributed by atoms with Crippen molar-refractivity contribution in [3.8, 4) is 0 Å². The molecule has 0 saturated carbocycles. The fourth-order valence-electron chi connectivity index (χ4n) is 1.15. The van der Waals surface area contributed by atoms with Gasteiger partial charge in [0.25, 0.3) is 0 Å². The molecule has 0 aromatic carbocycles. The van der Waals surface area contributed by atoms with Crippen LogP contribution >= 0.6 is 0 Å². The Morgan fingerprint density at radius 2 is 2.17 bits per heavy atom. The number of rotatable bonds is 6. The first kappa shape index (κ1) is 18.0. The minimum absolute atomic E-state index is 0. The van der Waals surface area contributed by atoms with Gasteiger partial charge in [-0.15, -0.1) is 0 Å². The number of nitrogens with zero attached hydrogens (tertiary/aromatic N) is 2. The molecule has 1 unspecified atom stereocenters. The summed E-state index contributed by atoms with van der Waals surface area (Å²) in [5.41, 5.74) is 0. The van der Waals surface area contributed by atoms with Gasteiger partial charge in [0, 0.05) is 14.7 Å². The molecule has 0 radical (unpaired) electrons. The number of halogens is 1. The molecule has 0 aliphatic heterocycles. The van der Waals surface area contributed by atoms with Crippen LogP contribution in [0.4, 0.5) is 4.39 Å². The van der Waals surface area contributed by atoms with Crippen LogP contribution < -0.4 is 0 Å². The van der Waals surface area contributed by atoms with Gasteiger partial charge in [0.15, 0.2) is 10.8 Å². The Labute approximate surface area is 122 Å². The summed E-state index contributed by atoms with van der Waals surface area (Å²) in [4.78, 5) is 0. The van der Waals surface area contributed by atoms with Gasteiger partial charge in [-0.05, 0) is 6.04 Å². The molecule has 1 aromatic heterocycles. The van der Waals surface area contributed by atoms with Crippen LogP contribution in [0.1, 0.15) is 0 Å². The van der Waals surface area contributed by atoms with Crippen molar-refractivity contribution in [3.63, 3.8) is 0 Å². The molecule has 0 saturated heterocycles. The molecule has 18 heavy (non-hydrogen) atoms. The minimum atomic E-state index is -2.39. The van der Waals surface area contributed by atoms with Crippen LogP contribution in [0.3, 0.4) is 0 Å². The third-order valence-electron chi connectivity index (χ3n) is 2.12. The molecule has 1 heterocycles. The quantitative estimate of drug-likeness (QED) is 0.486. The van der Waals surface area contributed by atoms with Gasteiger partial charge in [-0.1, -0.05) is 19.6 Å². The summed E-state index contributed by atoms with van der Waals surface area (Å²) in [6, 6.07) is 0.980. The number of hydrogen-bond donors (Lipinski definition) is 1. The van der Waals surface area contributed by atoms with E-state index in [-0.39, 0.29) is 30.6 Å². The molecular weight excluding hydrogens is 270 g/mol. The van der Waals surface area contributed by atoms with Crippen molar-refractivity contribution in [1.29, 1.82) is 0 Å². The molecule has 0 bridgehead atoms. The molecule has 1 atom stereocenters. The summed E-state index contributed by atoms with van der Waals surface area (Å²) in [6.45, 7) is 7.21. The molecular formula is C9H18FLiN2O3SSi. The van der Waals surface area contributed by atoms with Gasteiger partial charge in [-0.3, -0.25) is 0 Å². The van der Waals surface area contributed by atoms with E-state index in [4.69, 9.17) is 9.29 Å². The van der Waals surface area contributed by atoms with Crippen molar-refractivity contribution in [1.82, 2.24) is 9.78 Å². The first-order valence-electron chi connectivity index (χ1n) is 5.21. The molecule has 1 N–H and O–H groups in total. The standard InChI is InChI=1S/C9H17FN2O3SSi.Li.H/c1-17(2,3)5-4-15-7-12-9(16(13)14)8(10)6-11-12;;/h6H,4-5,7H2,1-3H3,(H,13,14);;. The first-order valence-corrected chi connectivity index (χ1v) is 10.0. The Hall–Kier alpha value is 0.0243. The third kappa shape index (κ3) is 5.78. The predicted molar refractivity (Wildman–Crippen MR) is 72.5 cm³/mol. The second-order valence-electron chi connectivity index (χ2n) is 4.89.